The third-order valence-corrected chi connectivity index (χ3v) is 7.15. The highest BCUT2D eigenvalue weighted by Crippen LogP contribution is 2.29. The van der Waals surface area contributed by atoms with Crippen molar-refractivity contribution in [3.8, 4) is 0 Å². The number of fused-ring (bicyclic) bond motifs is 1. The van der Waals surface area contributed by atoms with Crippen LogP contribution >= 0.6 is 11.3 Å². The van der Waals surface area contributed by atoms with Gasteiger partial charge in [-0.25, -0.2) is 0 Å². The van der Waals surface area contributed by atoms with Gasteiger partial charge in [-0.15, -0.1) is 11.3 Å². The first kappa shape index (κ1) is 15.0. The van der Waals surface area contributed by atoms with Gasteiger partial charge in [0.1, 0.15) is 6.04 Å². The molecule has 1 unspecified atom stereocenters. The Bertz CT molecular complexity index is 640. The number of hydrogen-bond donors (Lipinski definition) is 1. The van der Waals surface area contributed by atoms with E-state index in [1.165, 1.54) is 13.5 Å². The minimum absolute atomic E-state index is 0.298. The molecule has 0 spiro atoms. The Labute approximate surface area is 128 Å². The SMILES string of the molecule is O=C(O)C1CCCCN1S(=O)(=O)N1CCc2sccc2C1. The second kappa shape index (κ2) is 5.68. The lowest BCUT2D eigenvalue weighted by molar-refractivity contribution is -0.142. The molecule has 0 saturated carbocycles. The molecule has 0 radical (unpaired) electrons. The molecule has 0 aliphatic carbocycles. The lowest BCUT2D eigenvalue weighted by Crippen LogP contribution is -2.54. The summed E-state index contributed by atoms with van der Waals surface area (Å²) in [5, 5.41) is 11.2. The molecule has 1 fully saturated rings. The fourth-order valence-electron chi connectivity index (χ4n) is 3.00. The van der Waals surface area contributed by atoms with E-state index in [-0.39, 0.29) is 0 Å². The van der Waals surface area contributed by atoms with Gasteiger partial charge in [0.2, 0.25) is 0 Å². The topological polar surface area (TPSA) is 77.9 Å². The molecule has 1 aromatic heterocycles. The van der Waals surface area contributed by atoms with Gasteiger partial charge in [0.25, 0.3) is 10.2 Å². The third kappa shape index (κ3) is 2.73. The lowest BCUT2D eigenvalue weighted by Gasteiger charge is -2.37. The molecular weight excluding hydrogens is 312 g/mol. The van der Waals surface area contributed by atoms with Gasteiger partial charge in [0.15, 0.2) is 0 Å². The zero-order valence-corrected chi connectivity index (χ0v) is 13.2. The number of carboxylic acid groups (broad SMARTS) is 1. The number of aliphatic carboxylic acids is 1. The van der Waals surface area contributed by atoms with Crippen LogP contribution in [0.2, 0.25) is 0 Å². The summed E-state index contributed by atoms with van der Waals surface area (Å²) in [5.74, 6) is -1.05. The summed E-state index contributed by atoms with van der Waals surface area (Å²) in [7, 11) is -3.71. The van der Waals surface area contributed by atoms with Crippen molar-refractivity contribution in [1.82, 2.24) is 8.61 Å². The normalized spacial score (nSPS) is 24.7. The summed E-state index contributed by atoms with van der Waals surface area (Å²) in [6, 6.07) is 1.03. The first-order valence-electron chi connectivity index (χ1n) is 7.05. The van der Waals surface area contributed by atoms with E-state index in [2.05, 4.69) is 0 Å². The van der Waals surface area contributed by atoms with Gasteiger partial charge >= 0.3 is 5.97 Å². The van der Waals surface area contributed by atoms with E-state index < -0.39 is 22.2 Å². The number of carboxylic acids is 1. The minimum atomic E-state index is -3.71. The maximum Gasteiger partial charge on any atom is 0.322 e. The quantitative estimate of drug-likeness (QED) is 0.906. The van der Waals surface area contributed by atoms with Crippen LogP contribution in [0.4, 0.5) is 0 Å². The van der Waals surface area contributed by atoms with Crippen LogP contribution in [0, 0.1) is 0 Å². The van der Waals surface area contributed by atoms with Gasteiger partial charge in [-0.3, -0.25) is 4.79 Å². The monoisotopic (exact) mass is 330 g/mol. The summed E-state index contributed by atoms with van der Waals surface area (Å²) in [6.07, 6.45) is 2.59. The third-order valence-electron chi connectivity index (χ3n) is 4.13. The van der Waals surface area contributed by atoms with E-state index in [0.717, 1.165) is 18.4 Å². The minimum Gasteiger partial charge on any atom is -0.480 e. The van der Waals surface area contributed by atoms with Crippen molar-refractivity contribution in [2.24, 2.45) is 0 Å². The molecular formula is C13H18N2O4S2. The second-order valence-electron chi connectivity index (χ2n) is 5.42. The first-order chi connectivity index (χ1) is 10.00. The molecule has 3 rings (SSSR count). The molecule has 8 heteroatoms. The molecule has 1 saturated heterocycles. The van der Waals surface area contributed by atoms with Crippen molar-refractivity contribution in [1.29, 1.82) is 0 Å². The van der Waals surface area contributed by atoms with Gasteiger partial charge in [-0.05, 0) is 42.7 Å². The molecule has 6 nitrogen and oxygen atoms in total. The van der Waals surface area contributed by atoms with E-state index in [9.17, 15) is 18.3 Å². The fourth-order valence-corrected chi connectivity index (χ4v) is 5.68. The Morgan fingerprint density at radius 3 is 2.90 bits per heavy atom. The lowest BCUT2D eigenvalue weighted by atomic mass is 10.1. The molecule has 1 N–H and O–H groups in total. The zero-order chi connectivity index (χ0) is 15.0. The van der Waals surface area contributed by atoms with Crippen LogP contribution in [-0.4, -0.2) is 47.2 Å². The first-order valence-corrected chi connectivity index (χ1v) is 9.33. The molecule has 1 aromatic rings. The summed E-state index contributed by atoms with van der Waals surface area (Å²) in [4.78, 5) is 12.6. The Morgan fingerprint density at radius 2 is 2.14 bits per heavy atom. The highest BCUT2D eigenvalue weighted by atomic mass is 32.2. The molecule has 0 bridgehead atoms. The summed E-state index contributed by atoms with van der Waals surface area (Å²) in [5.41, 5.74) is 1.04. The van der Waals surface area contributed by atoms with Crippen LogP contribution in [-0.2, 0) is 28.0 Å². The van der Waals surface area contributed by atoms with Crippen molar-refractivity contribution in [2.45, 2.75) is 38.3 Å². The number of piperidine rings is 1. The molecule has 2 aliphatic heterocycles. The summed E-state index contributed by atoms with van der Waals surface area (Å²) < 4.78 is 28.2. The van der Waals surface area contributed by atoms with Gasteiger partial charge in [-0.1, -0.05) is 0 Å². The van der Waals surface area contributed by atoms with Crippen LogP contribution in [0.25, 0.3) is 0 Å². The van der Waals surface area contributed by atoms with E-state index in [1.807, 2.05) is 11.4 Å². The number of carbonyl (C=O) groups is 1. The van der Waals surface area contributed by atoms with Crippen LogP contribution in [0.5, 0.6) is 0 Å². The van der Waals surface area contributed by atoms with Crippen LogP contribution in [0.1, 0.15) is 29.7 Å². The van der Waals surface area contributed by atoms with Crippen molar-refractivity contribution in [3.63, 3.8) is 0 Å². The second-order valence-corrected chi connectivity index (χ2v) is 8.30. The predicted octanol–water partition coefficient (Wildman–Crippen LogP) is 1.29. The average molecular weight is 330 g/mol. The molecule has 2 aliphatic rings. The zero-order valence-electron chi connectivity index (χ0n) is 11.6. The van der Waals surface area contributed by atoms with Crippen molar-refractivity contribution < 1.29 is 18.3 Å². The predicted molar refractivity (Wildman–Crippen MR) is 79.3 cm³/mol. The van der Waals surface area contributed by atoms with Crippen LogP contribution in [0.15, 0.2) is 11.4 Å². The highest BCUT2D eigenvalue weighted by Gasteiger charge is 2.40. The van der Waals surface area contributed by atoms with E-state index in [1.54, 1.807) is 11.3 Å². The number of hydrogen-bond acceptors (Lipinski definition) is 4. The Morgan fingerprint density at radius 1 is 1.33 bits per heavy atom. The van der Waals surface area contributed by atoms with Gasteiger partial charge in [-0.2, -0.15) is 17.0 Å². The molecule has 3 heterocycles. The number of nitrogens with zero attached hydrogens (tertiary/aromatic N) is 2. The van der Waals surface area contributed by atoms with Gasteiger partial charge in [0.05, 0.1) is 0 Å². The van der Waals surface area contributed by atoms with E-state index >= 15 is 0 Å². The summed E-state index contributed by atoms with van der Waals surface area (Å²) in [6.45, 7) is 1.08. The van der Waals surface area contributed by atoms with Gasteiger partial charge < -0.3 is 5.11 Å². The molecule has 0 aromatic carbocycles. The van der Waals surface area contributed by atoms with E-state index in [0.29, 0.717) is 32.5 Å². The Hall–Kier alpha value is -0.960. The largest absolute Gasteiger partial charge is 0.480 e. The standard InChI is InChI=1S/C13H18N2O4S2/c16-13(17)11-3-1-2-6-15(11)21(18,19)14-7-4-12-10(9-14)5-8-20-12/h5,8,11H,1-4,6-7,9H2,(H,16,17). The molecule has 1 atom stereocenters. The molecule has 116 valence electrons. The smallest absolute Gasteiger partial charge is 0.322 e. The maximum absolute atomic E-state index is 12.8. The Kier molecular flexibility index (Phi) is 4.04. The highest BCUT2D eigenvalue weighted by molar-refractivity contribution is 7.86. The van der Waals surface area contributed by atoms with Crippen molar-refractivity contribution >= 4 is 27.5 Å². The van der Waals surface area contributed by atoms with Crippen molar-refractivity contribution in [2.75, 3.05) is 13.1 Å². The van der Waals surface area contributed by atoms with Crippen molar-refractivity contribution in [3.05, 3.63) is 21.9 Å². The molecule has 0 amide bonds. The maximum atomic E-state index is 12.8. The van der Waals surface area contributed by atoms with Crippen LogP contribution in [0.3, 0.4) is 0 Å². The summed E-state index contributed by atoms with van der Waals surface area (Å²) >= 11 is 1.65. The number of thiophene rings is 1. The fraction of sp³-hybridized carbons (Fsp3) is 0.615. The molecule has 21 heavy (non-hydrogen) atoms. The number of rotatable bonds is 3. The van der Waals surface area contributed by atoms with Gasteiger partial charge in [0, 0.05) is 24.5 Å². The van der Waals surface area contributed by atoms with Crippen LogP contribution < -0.4 is 0 Å². The van der Waals surface area contributed by atoms with E-state index in [4.69, 9.17) is 0 Å². The Balaban J connectivity index is 1.85. The average Bonchev–Trinajstić information content (AvgIpc) is 2.94.